The van der Waals surface area contributed by atoms with Crippen molar-refractivity contribution in [3.63, 3.8) is 0 Å². The summed E-state index contributed by atoms with van der Waals surface area (Å²) < 4.78 is 7.17. The van der Waals surface area contributed by atoms with Gasteiger partial charge in [0.2, 0.25) is 5.91 Å². The molecular weight excluding hydrogens is 408 g/mol. The summed E-state index contributed by atoms with van der Waals surface area (Å²) in [4.78, 5) is 12.5. The third-order valence-corrected chi connectivity index (χ3v) is 6.05. The van der Waals surface area contributed by atoms with E-state index in [0.29, 0.717) is 17.6 Å². The van der Waals surface area contributed by atoms with E-state index in [4.69, 9.17) is 4.74 Å². The maximum Gasteiger partial charge on any atom is 0.234 e. The molecule has 7 heteroatoms. The van der Waals surface area contributed by atoms with Crippen molar-refractivity contribution in [3.8, 4) is 17.1 Å². The second-order valence-corrected chi connectivity index (χ2v) is 8.14. The summed E-state index contributed by atoms with van der Waals surface area (Å²) in [6.07, 6.45) is 2.88. The number of amides is 1. The van der Waals surface area contributed by atoms with Crippen LogP contribution in [0, 0.1) is 0 Å². The average molecular weight is 437 g/mol. The maximum absolute atomic E-state index is 12.5. The standard InChI is InChI=1S/C24H28N4O2S/c1-5-15-28-23(19-9-13-21(30-4)14-10-19)26-27-24(28)31-16-22(29)25-20-11-7-18(8-12-20)17(3)6-2/h5,7-14,17H,1,6,15-16H2,2-4H3,(H,25,29)/t17-/m0/s1. The van der Waals surface area contributed by atoms with Gasteiger partial charge in [0.25, 0.3) is 0 Å². The molecule has 3 rings (SSSR count). The van der Waals surface area contributed by atoms with Crippen molar-refractivity contribution >= 4 is 23.4 Å². The molecule has 2 aromatic carbocycles. The Labute approximate surface area is 187 Å². The second kappa shape index (κ2) is 10.8. The fraction of sp³-hybridized carbons (Fsp3) is 0.292. The van der Waals surface area contributed by atoms with Gasteiger partial charge in [0.15, 0.2) is 11.0 Å². The SMILES string of the molecule is C=CCn1c(SCC(=O)Nc2ccc([C@@H](C)CC)cc2)nnc1-c1ccc(OC)cc1. The van der Waals surface area contributed by atoms with Gasteiger partial charge in [-0.25, -0.2) is 0 Å². The number of nitrogens with one attached hydrogen (secondary N) is 1. The van der Waals surface area contributed by atoms with Crippen molar-refractivity contribution in [2.24, 2.45) is 0 Å². The predicted octanol–water partition coefficient (Wildman–Crippen LogP) is 5.38. The number of benzene rings is 2. The molecule has 0 fully saturated rings. The van der Waals surface area contributed by atoms with Crippen LogP contribution >= 0.6 is 11.8 Å². The van der Waals surface area contributed by atoms with Crippen LogP contribution in [0.1, 0.15) is 31.7 Å². The van der Waals surface area contributed by atoms with E-state index in [1.54, 1.807) is 13.2 Å². The molecule has 1 aromatic heterocycles. The number of allylic oxidation sites excluding steroid dienone is 1. The molecule has 0 spiro atoms. The highest BCUT2D eigenvalue weighted by molar-refractivity contribution is 7.99. The number of hydrogen-bond acceptors (Lipinski definition) is 5. The number of ether oxygens (including phenoxy) is 1. The molecular formula is C24H28N4O2S. The van der Waals surface area contributed by atoms with Gasteiger partial charge < -0.3 is 10.1 Å². The number of rotatable bonds is 10. The molecule has 31 heavy (non-hydrogen) atoms. The van der Waals surface area contributed by atoms with E-state index in [1.165, 1.54) is 17.3 Å². The molecule has 3 aromatic rings. The Hall–Kier alpha value is -3.06. The van der Waals surface area contributed by atoms with Crippen LogP contribution < -0.4 is 10.1 Å². The maximum atomic E-state index is 12.5. The summed E-state index contributed by atoms with van der Waals surface area (Å²) in [5.41, 5.74) is 3.00. The number of anilines is 1. The largest absolute Gasteiger partial charge is 0.497 e. The van der Waals surface area contributed by atoms with Crippen molar-refractivity contribution in [1.29, 1.82) is 0 Å². The van der Waals surface area contributed by atoms with Crippen LogP contribution in [0.2, 0.25) is 0 Å². The van der Waals surface area contributed by atoms with Gasteiger partial charge in [-0.15, -0.1) is 16.8 Å². The number of carbonyl (C=O) groups excluding carboxylic acids is 1. The van der Waals surface area contributed by atoms with E-state index >= 15 is 0 Å². The molecule has 0 aliphatic heterocycles. The minimum Gasteiger partial charge on any atom is -0.497 e. The van der Waals surface area contributed by atoms with E-state index in [2.05, 4.69) is 48.1 Å². The van der Waals surface area contributed by atoms with Gasteiger partial charge in [-0.05, 0) is 54.3 Å². The normalized spacial score (nSPS) is 11.7. The van der Waals surface area contributed by atoms with E-state index < -0.39 is 0 Å². The summed E-state index contributed by atoms with van der Waals surface area (Å²) in [6.45, 7) is 8.75. The lowest BCUT2D eigenvalue weighted by Gasteiger charge is -2.11. The molecule has 162 valence electrons. The number of hydrogen-bond donors (Lipinski definition) is 1. The summed E-state index contributed by atoms with van der Waals surface area (Å²) in [7, 11) is 1.63. The first kappa shape index (κ1) is 22.6. The van der Waals surface area contributed by atoms with Crippen LogP contribution in [0.15, 0.2) is 66.3 Å². The van der Waals surface area contributed by atoms with Crippen molar-refractivity contribution in [2.45, 2.75) is 37.9 Å². The van der Waals surface area contributed by atoms with Gasteiger partial charge in [-0.3, -0.25) is 9.36 Å². The van der Waals surface area contributed by atoms with Crippen LogP contribution in [0.5, 0.6) is 5.75 Å². The third-order valence-electron chi connectivity index (χ3n) is 5.08. The molecule has 1 N–H and O–H groups in total. The molecule has 0 aliphatic carbocycles. The van der Waals surface area contributed by atoms with Crippen molar-refractivity contribution in [2.75, 3.05) is 18.2 Å². The fourth-order valence-electron chi connectivity index (χ4n) is 3.10. The highest BCUT2D eigenvalue weighted by atomic mass is 32.2. The van der Waals surface area contributed by atoms with Gasteiger partial charge in [-0.2, -0.15) is 0 Å². The van der Waals surface area contributed by atoms with E-state index in [9.17, 15) is 4.79 Å². The zero-order chi connectivity index (χ0) is 22.2. The quantitative estimate of drug-likeness (QED) is 0.341. The van der Waals surface area contributed by atoms with Crippen molar-refractivity contribution < 1.29 is 9.53 Å². The lowest BCUT2D eigenvalue weighted by molar-refractivity contribution is -0.113. The highest BCUT2D eigenvalue weighted by Gasteiger charge is 2.15. The molecule has 1 heterocycles. The van der Waals surface area contributed by atoms with E-state index in [-0.39, 0.29) is 11.7 Å². The molecule has 0 saturated carbocycles. The second-order valence-electron chi connectivity index (χ2n) is 7.20. The molecule has 1 atom stereocenters. The third kappa shape index (κ3) is 5.76. The number of thioether (sulfide) groups is 1. The van der Waals surface area contributed by atoms with Gasteiger partial charge in [0.05, 0.1) is 12.9 Å². The highest BCUT2D eigenvalue weighted by Crippen LogP contribution is 2.26. The van der Waals surface area contributed by atoms with E-state index in [0.717, 1.165) is 29.2 Å². The van der Waals surface area contributed by atoms with Gasteiger partial charge in [0.1, 0.15) is 5.75 Å². The van der Waals surface area contributed by atoms with Crippen LogP contribution in [0.4, 0.5) is 5.69 Å². The van der Waals surface area contributed by atoms with Crippen molar-refractivity contribution in [1.82, 2.24) is 14.8 Å². The van der Waals surface area contributed by atoms with Crippen LogP contribution in [0.3, 0.4) is 0 Å². The smallest absolute Gasteiger partial charge is 0.234 e. The Kier molecular flexibility index (Phi) is 7.89. The molecule has 0 radical (unpaired) electrons. The minimum absolute atomic E-state index is 0.0829. The van der Waals surface area contributed by atoms with Crippen molar-refractivity contribution in [3.05, 3.63) is 66.7 Å². The monoisotopic (exact) mass is 436 g/mol. The molecule has 0 aliphatic rings. The van der Waals surface area contributed by atoms with Gasteiger partial charge in [0, 0.05) is 17.8 Å². The first-order valence-electron chi connectivity index (χ1n) is 10.3. The predicted molar refractivity (Wildman–Crippen MR) is 127 cm³/mol. The zero-order valence-corrected chi connectivity index (χ0v) is 19.0. The summed E-state index contributed by atoms with van der Waals surface area (Å²) in [5.74, 6) is 2.18. The lowest BCUT2D eigenvalue weighted by Crippen LogP contribution is -2.14. The van der Waals surface area contributed by atoms with Crippen LogP contribution in [0.25, 0.3) is 11.4 Å². The zero-order valence-electron chi connectivity index (χ0n) is 18.2. The lowest BCUT2D eigenvalue weighted by atomic mass is 9.99. The van der Waals surface area contributed by atoms with E-state index in [1.807, 2.05) is 41.0 Å². The Morgan fingerprint density at radius 2 is 1.90 bits per heavy atom. The summed E-state index contributed by atoms with van der Waals surface area (Å²) in [6, 6.07) is 15.7. The minimum atomic E-state index is -0.0829. The van der Waals surface area contributed by atoms with Gasteiger partial charge >= 0.3 is 0 Å². The molecule has 0 unspecified atom stereocenters. The molecule has 1 amide bonds. The molecule has 0 bridgehead atoms. The number of aromatic nitrogens is 3. The number of nitrogens with zero attached hydrogens (tertiary/aromatic N) is 3. The topological polar surface area (TPSA) is 69.0 Å². The fourth-order valence-corrected chi connectivity index (χ4v) is 3.85. The van der Waals surface area contributed by atoms with Crippen LogP contribution in [-0.2, 0) is 11.3 Å². The molecule has 6 nitrogen and oxygen atoms in total. The summed E-state index contributed by atoms with van der Waals surface area (Å²) >= 11 is 1.35. The number of carbonyl (C=O) groups is 1. The summed E-state index contributed by atoms with van der Waals surface area (Å²) in [5, 5.41) is 12.2. The molecule has 0 saturated heterocycles. The Morgan fingerprint density at radius 3 is 2.52 bits per heavy atom. The Balaban J connectivity index is 1.66. The first-order valence-corrected chi connectivity index (χ1v) is 11.2. The first-order chi connectivity index (χ1) is 15.0. The Bertz CT molecular complexity index is 1010. The van der Waals surface area contributed by atoms with Gasteiger partial charge in [-0.1, -0.05) is 43.8 Å². The number of methoxy groups -OCH3 is 1. The Morgan fingerprint density at radius 1 is 1.19 bits per heavy atom. The average Bonchev–Trinajstić information content (AvgIpc) is 3.20. The van der Waals surface area contributed by atoms with Crippen LogP contribution in [-0.4, -0.2) is 33.5 Å².